The highest BCUT2D eigenvalue weighted by Crippen LogP contribution is 2.09. The molecule has 1 amide bonds. The van der Waals surface area contributed by atoms with E-state index in [1.165, 1.54) is 0 Å². The number of hydrogen-bond acceptors (Lipinski definition) is 3. The number of carbonyl (C=O) groups is 1. The highest BCUT2D eigenvalue weighted by atomic mass is 16.2. The molecule has 4 heteroatoms. The van der Waals surface area contributed by atoms with Gasteiger partial charge in [0.1, 0.15) is 0 Å². The summed E-state index contributed by atoms with van der Waals surface area (Å²) in [7, 11) is 0. The molecule has 1 fully saturated rings. The van der Waals surface area contributed by atoms with Crippen LogP contribution in [0.25, 0.3) is 0 Å². The smallest absolute Gasteiger partial charge is 0.223 e. The summed E-state index contributed by atoms with van der Waals surface area (Å²) in [5, 5.41) is 3.20. The van der Waals surface area contributed by atoms with Crippen LogP contribution in [0.4, 0.5) is 0 Å². The maximum atomic E-state index is 12.1. The SMILES string of the molecule is CCN(C(=O)CCc1cccnc1)C1CNC1. The molecule has 4 nitrogen and oxygen atoms in total. The molecule has 1 aromatic heterocycles. The Balaban J connectivity index is 1.83. The number of aryl methyl sites for hydroxylation is 1. The molecule has 0 saturated carbocycles. The Kier molecular flexibility index (Phi) is 4.09. The second kappa shape index (κ2) is 5.77. The first kappa shape index (κ1) is 12.0. The molecule has 1 aliphatic heterocycles. The zero-order valence-corrected chi connectivity index (χ0v) is 10.2. The molecule has 0 aromatic carbocycles. The molecule has 1 aliphatic rings. The zero-order valence-electron chi connectivity index (χ0n) is 10.2. The Morgan fingerprint density at radius 2 is 2.41 bits per heavy atom. The summed E-state index contributed by atoms with van der Waals surface area (Å²) < 4.78 is 0. The largest absolute Gasteiger partial charge is 0.337 e. The molecular weight excluding hydrogens is 214 g/mol. The molecule has 0 radical (unpaired) electrons. The molecular formula is C13H19N3O. The van der Waals surface area contributed by atoms with E-state index in [1.807, 2.05) is 30.2 Å². The summed E-state index contributed by atoms with van der Waals surface area (Å²) in [5.74, 6) is 0.253. The quantitative estimate of drug-likeness (QED) is 0.819. The third-order valence-electron chi connectivity index (χ3n) is 3.21. The Hall–Kier alpha value is -1.42. The lowest BCUT2D eigenvalue weighted by molar-refractivity contribution is -0.134. The number of hydrogen-bond donors (Lipinski definition) is 1. The van der Waals surface area contributed by atoms with Crippen LogP contribution in [0.5, 0.6) is 0 Å². The molecule has 0 spiro atoms. The number of aromatic nitrogens is 1. The van der Waals surface area contributed by atoms with E-state index in [0.717, 1.165) is 31.6 Å². The van der Waals surface area contributed by atoms with E-state index < -0.39 is 0 Å². The normalized spacial score (nSPS) is 15.4. The predicted octanol–water partition coefficient (Wildman–Crippen LogP) is 0.835. The average Bonchev–Trinajstić information content (AvgIpc) is 2.31. The molecule has 1 saturated heterocycles. The van der Waals surface area contributed by atoms with E-state index >= 15 is 0 Å². The van der Waals surface area contributed by atoms with Gasteiger partial charge in [-0.15, -0.1) is 0 Å². The molecule has 0 atom stereocenters. The third-order valence-corrected chi connectivity index (χ3v) is 3.21. The van der Waals surface area contributed by atoms with Gasteiger partial charge in [0, 0.05) is 38.4 Å². The lowest BCUT2D eigenvalue weighted by Crippen LogP contribution is -2.58. The number of carbonyl (C=O) groups excluding carboxylic acids is 1. The van der Waals surface area contributed by atoms with Crippen LogP contribution in [0, 0.1) is 0 Å². The van der Waals surface area contributed by atoms with Crippen molar-refractivity contribution in [2.24, 2.45) is 0 Å². The van der Waals surface area contributed by atoms with Crippen molar-refractivity contribution < 1.29 is 4.79 Å². The minimum atomic E-state index is 0.253. The number of nitrogens with one attached hydrogen (secondary N) is 1. The summed E-state index contributed by atoms with van der Waals surface area (Å²) in [6, 6.07) is 4.33. The summed E-state index contributed by atoms with van der Waals surface area (Å²) >= 11 is 0. The van der Waals surface area contributed by atoms with Crippen molar-refractivity contribution in [2.75, 3.05) is 19.6 Å². The summed E-state index contributed by atoms with van der Waals surface area (Å²) in [6.07, 6.45) is 4.94. The first-order chi connectivity index (χ1) is 8.31. The fourth-order valence-corrected chi connectivity index (χ4v) is 2.07. The zero-order chi connectivity index (χ0) is 12.1. The average molecular weight is 233 g/mol. The van der Waals surface area contributed by atoms with Gasteiger partial charge < -0.3 is 10.2 Å². The van der Waals surface area contributed by atoms with Gasteiger partial charge >= 0.3 is 0 Å². The molecule has 2 heterocycles. The van der Waals surface area contributed by atoms with Crippen LogP contribution in [0.1, 0.15) is 18.9 Å². The molecule has 1 aromatic rings. The topological polar surface area (TPSA) is 45.2 Å². The Labute approximate surface area is 102 Å². The summed E-state index contributed by atoms with van der Waals surface area (Å²) in [4.78, 5) is 18.1. The number of likely N-dealkylation sites (N-methyl/N-ethyl adjacent to an activating group) is 1. The second-order valence-corrected chi connectivity index (χ2v) is 4.35. The standard InChI is InChI=1S/C13H19N3O/c1-2-16(12-9-15-10-12)13(17)6-5-11-4-3-7-14-8-11/h3-4,7-8,12,15H,2,5-6,9-10H2,1H3. The van der Waals surface area contributed by atoms with Crippen LogP contribution in [0.15, 0.2) is 24.5 Å². The van der Waals surface area contributed by atoms with Gasteiger partial charge in [-0.1, -0.05) is 6.07 Å². The van der Waals surface area contributed by atoms with Crippen molar-refractivity contribution >= 4 is 5.91 Å². The Morgan fingerprint density at radius 3 is 2.94 bits per heavy atom. The van der Waals surface area contributed by atoms with Gasteiger partial charge in [-0.3, -0.25) is 9.78 Å². The summed E-state index contributed by atoms with van der Waals surface area (Å²) in [6.45, 7) is 4.72. The van der Waals surface area contributed by atoms with Crippen molar-refractivity contribution in [1.82, 2.24) is 15.2 Å². The van der Waals surface area contributed by atoms with Gasteiger partial charge in [-0.05, 0) is 25.0 Å². The number of amides is 1. The molecule has 2 rings (SSSR count). The van der Waals surface area contributed by atoms with Gasteiger partial charge in [0.05, 0.1) is 6.04 Å². The molecule has 0 aliphatic carbocycles. The van der Waals surface area contributed by atoms with Crippen molar-refractivity contribution in [3.05, 3.63) is 30.1 Å². The first-order valence-electron chi connectivity index (χ1n) is 6.20. The highest BCUT2D eigenvalue weighted by Gasteiger charge is 2.26. The molecule has 0 unspecified atom stereocenters. The Morgan fingerprint density at radius 1 is 1.59 bits per heavy atom. The van der Waals surface area contributed by atoms with Crippen LogP contribution in [-0.4, -0.2) is 41.5 Å². The fourth-order valence-electron chi connectivity index (χ4n) is 2.07. The lowest BCUT2D eigenvalue weighted by atomic mass is 10.1. The van der Waals surface area contributed by atoms with Crippen molar-refractivity contribution in [3.8, 4) is 0 Å². The van der Waals surface area contributed by atoms with Gasteiger partial charge in [-0.2, -0.15) is 0 Å². The van der Waals surface area contributed by atoms with Crippen LogP contribution < -0.4 is 5.32 Å². The van der Waals surface area contributed by atoms with E-state index in [1.54, 1.807) is 6.20 Å². The van der Waals surface area contributed by atoms with E-state index in [4.69, 9.17) is 0 Å². The maximum Gasteiger partial charge on any atom is 0.223 e. The highest BCUT2D eigenvalue weighted by molar-refractivity contribution is 5.77. The van der Waals surface area contributed by atoms with Gasteiger partial charge in [-0.25, -0.2) is 0 Å². The van der Waals surface area contributed by atoms with Crippen LogP contribution >= 0.6 is 0 Å². The van der Waals surface area contributed by atoms with Gasteiger partial charge in [0.2, 0.25) is 5.91 Å². The number of pyridine rings is 1. The number of rotatable bonds is 5. The van der Waals surface area contributed by atoms with E-state index in [-0.39, 0.29) is 5.91 Å². The van der Waals surface area contributed by atoms with Crippen molar-refractivity contribution in [3.63, 3.8) is 0 Å². The second-order valence-electron chi connectivity index (χ2n) is 4.35. The minimum Gasteiger partial charge on any atom is -0.337 e. The monoisotopic (exact) mass is 233 g/mol. The van der Waals surface area contributed by atoms with Crippen molar-refractivity contribution in [1.29, 1.82) is 0 Å². The Bertz CT molecular complexity index is 362. The van der Waals surface area contributed by atoms with E-state index in [9.17, 15) is 4.79 Å². The molecule has 1 N–H and O–H groups in total. The lowest BCUT2D eigenvalue weighted by Gasteiger charge is -2.37. The van der Waals surface area contributed by atoms with Gasteiger partial charge in [0.15, 0.2) is 0 Å². The predicted molar refractivity (Wildman–Crippen MR) is 66.6 cm³/mol. The van der Waals surface area contributed by atoms with Crippen LogP contribution in [-0.2, 0) is 11.2 Å². The first-order valence-corrected chi connectivity index (χ1v) is 6.20. The van der Waals surface area contributed by atoms with Crippen LogP contribution in [0.2, 0.25) is 0 Å². The molecule has 0 bridgehead atoms. The van der Waals surface area contributed by atoms with E-state index in [0.29, 0.717) is 12.5 Å². The third kappa shape index (κ3) is 3.03. The summed E-state index contributed by atoms with van der Waals surface area (Å²) in [5.41, 5.74) is 1.13. The number of nitrogens with zero attached hydrogens (tertiary/aromatic N) is 2. The van der Waals surface area contributed by atoms with E-state index in [2.05, 4.69) is 10.3 Å². The van der Waals surface area contributed by atoms with Crippen LogP contribution in [0.3, 0.4) is 0 Å². The molecule has 17 heavy (non-hydrogen) atoms. The minimum absolute atomic E-state index is 0.253. The fraction of sp³-hybridized carbons (Fsp3) is 0.538. The van der Waals surface area contributed by atoms with Gasteiger partial charge in [0.25, 0.3) is 0 Å². The van der Waals surface area contributed by atoms with Crippen molar-refractivity contribution in [2.45, 2.75) is 25.8 Å². The molecule has 92 valence electrons. The maximum absolute atomic E-state index is 12.1.